The number of aryl methyl sites for hydroxylation is 4. The van der Waals surface area contributed by atoms with Crippen molar-refractivity contribution in [3.63, 3.8) is 0 Å². The highest BCUT2D eigenvalue weighted by Gasteiger charge is 2.13. The summed E-state index contributed by atoms with van der Waals surface area (Å²) in [5.41, 5.74) is 4.65. The Morgan fingerprint density at radius 2 is 2.00 bits per heavy atom. The van der Waals surface area contributed by atoms with Crippen LogP contribution >= 0.6 is 11.3 Å². The van der Waals surface area contributed by atoms with E-state index in [2.05, 4.69) is 23.1 Å². The van der Waals surface area contributed by atoms with Crippen LogP contribution in [0.1, 0.15) is 39.5 Å². The van der Waals surface area contributed by atoms with E-state index in [1.807, 2.05) is 38.5 Å². The summed E-state index contributed by atoms with van der Waals surface area (Å²) in [4.78, 5) is 5.62. The van der Waals surface area contributed by atoms with E-state index in [0.29, 0.717) is 5.57 Å². The Balaban J connectivity index is 2.52. The lowest BCUT2D eigenvalue weighted by atomic mass is 10.1. The van der Waals surface area contributed by atoms with E-state index in [-0.39, 0.29) is 0 Å². The van der Waals surface area contributed by atoms with Gasteiger partial charge in [-0.25, -0.2) is 4.98 Å². The van der Waals surface area contributed by atoms with Gasteiger partial charge in [0, 0.05) is 22.7 Å². The van der Waals surface area contributed by atoms with E-state index in [4.69, 9.17) is 0 Å². The highest BCUT2D eigenvalue weighted by atomic mass is 32.1. The molecule has 0 amide bonds. The minimum Gasteiger partial charge on any atom is -0.269 e. The summed E-state index contributed by atoms with van der Waals surface area (Å²) < 4.78 is 1.95. The van der Waals surface area contributed by atoms with Crippen molar-refractivity contribution in [3.05, 3.63) is 32.5 Å². The van der Waals surface area contributed by atoms with Crippen LogP contribution in [0.2, 0.25) is 0 Å². The molecule has 104 valence electrons. The molecule has 4 nitrogen and oxygen atoms in total. The molecule has 0 atom stereocenters. The van der Waals surface area contributed by atoms with Gasteiger partial charge in [0.05, 0.1) is 17.0 Å². The molecular weight excluding hydrogens is 268 g/mol. The third kappa shape index (κ3) is 2.52. The summed E-state index contributed by atoms with van der Waals surface area (Å²) in [6, 6.07) is 2.26. The number of rotatable bonds is 3. The quantitative estimate of drug-likeness (QED) is 0.809. The molecule has 0 aliphatic rings. The average molecular weight is 286 g/mol. The Kier molecular flexibility index (Phi) is 4.05. The molecule has 0 bridgehead atoms. The predicted octanol–water partition coefficient (Wildman–Crippen LogP) is 3.66. The van der Waals surface area contributed by atoms with Crippen molar-refractivity contribution in [1.29, 1.82) is 5.26 Å². The fourth-order valence-corrected chi connectivity index (χ4v) is 2.98. The summed E-state index contributed by atoms with van der Waals surface area (Å²) in [5.74, 6) is 0. The van der Waals surface area contributed by atoms with E-state index >= 15 is 0 Å². The Bertz CT molecular complexity index is 694. The van der Waals surface area contributed by atoms with Crippen LogP contribution in [-0.2, 0) is 6.54 Å². The summed E-state index contributed by atoms with van der Waals surface area (Å²) in [5, 5.41) is 14.7. The zero-order valence-corrected chi connectivity index (χ0v) is 13.3. The summed E-state index contributed by atoms with van der Waals surface area (Å²) >= 11 is 1.56. The van der Waals surface area contributed by atoms with E-state index < -0.39 is 0 Å². The fourth-order valence-electron chi connectivity index (χ4n) is 2.10. The van der Waals surface area contributed by atoms with Crippen molar-refractivity contribution in [2.75, 3.05) is 0 Å². The molecule has 0 saturated carbocycles. The molecule has 20 heavy (non-hydrogen) atoms. The number of allylic oxidation sites excluding steroid dienone is 1. The Hall–Kier alpha value is -1.93. The minimum absolute atomic E-state index is 0.605. The standard InChI is InChI=1S/C15H18N4S/c1-6-19-11(4)14(10(3)18-19)7-13(8-16)15-17-9(2)12(5)20-15/h7H,6H2,1-5H3/b13-7-. The van der Waals surface area contributed by atoms with Gasteiger partial charge >= 0.3 is 0 Å². The second-order valence-electron chi connectivity index (χ2n) is 4.73. The van der Waals surface area contributed by atoms with E-state index in [1.165, 1.54) is 0 Å². The van der Waals surface area contributed by atoms with Crippen LogP contribution in [0.15, 0.2) is 0 Å². The highest BCUT2D eigenvalue weighted by Crippen LogP contribution is 2.26. The zero-order chi connectivity index (χ0) is 14.9. The molecular formula is C15H18N4S. The van der Waals surface area contributed by atoms with Crippen LogP contribution in [0.5, 0.6) is 0 Å². The van der Waals surface area contributed by atoms with Crippen LogP contribution in [0.4, 0.5) is 0 Å². The molecule has 2 aromatic heterocycles. The van der Waals surface area contributed by atoms with E-state index in [9.17, 15) is 5.26 Å². The van der Waals surface area contributed by atoms with Crippen LogP contribution in [0.3, 0.4) is 0 Å². The third-order valence-corrected chi connectivity index (χ3v) is 4.51. The van der Waals surface area contributed by atoms with Crippen molar-refractivity contribution in [2.24, 2.45) is 0 Å². The van der Waals surface area contributed by atoms with E-state index in [0.717, 1.165) is 39.1 Å². The van der Waals surface area contributed by atoms with Gasteiger partial charge in [0.25, 0.3) is 0 Å². The Morgan fingerprint density at radius 1 is 1.30 bits per heavy atom. The van der Waals surface area contributed by atoms with Crippen molar-refractivity contribution in [1.82, 2.24) is 14.8 Å². The third-order valence-electron chi connectivity index (χ3n) is 3.41. The smallest absolute Gasteiger partial charge is 0.134 e. The van der Waals surface area contributed by atoms with Gasteiger partial charge in [-0.1, -0.05) is 0 Å². The molecule has 0 spiro atoms. The van der Waals surface area contributed by atoms with Crippen LogP contribution in [0.25, 0.3) is 11.6 Å². The van der Waals surface area contributed by atoms with Crippen LogP contribution in [-0.4, -0.2) is 14.8 Å². The number of thiazole rings is 1. The van der Waals surface area contributed by atoms with Gasteiger partial charge in [-0.15, -0.1) is 11.3 Å². The normalized spacial score (nSPS) is 11.7. The van der Waals surface area contributed by atoms with Gasteiger partial charge in [0.15, 0.2) is 0 Å². The lowest BCUT2D eigenvalue weighted by Crippen LogP contribution is -1.98. The maximum atomic E-state index is 9.41. The Labute approximate surface area is 123 Å². The number of hydrogen-bond donors (Lipinski definition) is 0. The molecule has 2 aromatic rings. The highest BCUT2D eigenvalue weighted by molar-refractivity contribution is 7.12. The molecule has 0 unspecified atom stereocenters. The first-order chi connectivity index (χ1) is 9.47. The molecule has 0 aromatic carbocycles. The molecule has 2 heterocycles. The first-order valence-electron chi connectivity index (χ1n) is 6.58. The number of aromatic nitrogens is 3. The van der Waals surface area contributed by atoms with Gasteiger partial charge in [-0.3, -0.25) is 4.68 Å². The first-order valence-corrected chi connectivity index (χ1v) is 7.39. The number of nitriles is 1. The lowest BCUT2D eigenvalue weighted by Gasteiger charge is -1.99. The first kappa shape index (κ1) is 14.5. The number of hydrogen-bond acceptors (Lipinski definition) is 4. The molecule has 0 aliphatic carbocycles. The molecule has 0 fully saturated rings. The number of nitrogens with zero attached hydrogens (tertiary/aromatic N) is 4. The van der Waals surface area contributed by atoms with Crippen LogP contribution < -0.4 is 0 Å². The van der Waals surface area contributed by atoms with E-state index in [1.54, 1.807) is 11.3 Å². The van der Waals surface area contributed by atoms with Gasteiger partial charge in [0.2, 0.25) is 0 Å². The zero-order valence-electron chi connectivity index (χ0n) is 12.5. The molecule has 0 N–H and O–H groups in total. The van der Waals surface area contributed by atoms with Gasteiger partial charge in [-0.2, -0.15) is 10.4 Å². The van der Waals surface area contributed by atoms with Crippen molar-refractivity contribution in [2.45, 2.75) is 41.2 Å². The summed E-state index contributed by atoms with van der Waals surface area (Å²) in [6.07, 6.45) is 1.90. The molecule has 2 rings (SSSR count). The second-order valence-corrected chi connectivity index (χ2v) is 5.93. The topological polar surface area (TPSA) is 54.5 Å². The van der Waals surface area contributed by atoms with Crippen molar-refractivity contribution >= 4 is 23.0 Å². The second kappa shape index (κ2) is 5.59. The molecule has 5 heteroatoms. The molecule has 0 radical (unpaired) electrons. The summed E-state index contributed by atoms with van der Waals surface area (Å²) in [6.45, 7) is 10.9. The lowest BCUT2D eigenvalue weighted by molar-refractivity contribution is 0.634. The largest absolute Gasteiger partial charge is 0.269 e. The average Bonchev–Trinajstić information content (AvgIpc) is 2.88. The maximum Gasteiger partial charge on any atom is 0.134 e. The Morgan fingerprint density at radius 3 is 2.45 bits per heavy atom. The van der Waals surface area contributed by atoms with Crippen molar-refractivity contribution in [3.8, 4) is 6.07 Å². The van der Waals surface area contributed by atoms with Gasteiger partial charge < -0.3 is 0 Å². The maximum absolute atomic E-state index is 9.41. The fraction of sp³-hybridized carbons (Fsp3) is 0.400. The molecule has 0 saturated heterocycles. The van der Waals surface area contributed by atoms with Crippen molar-refractivity contribution < 1.29 is 0 Å². The SMILES string of the molecule is CCn1nc(C)c(/C=C(/C#N)c2nc(C)c(C)s2)c1C. The molecule has 0 aliphatic heterocycles. The van der Waals surface area contributed by atoms with Gasteiger partial charge in [-0.05, 0) is 40.7 Å². The van der Waals surface area contributed by atoms with Gasteiger partial charge in [0.1, 0.15) is 11.1 Å². The van der Waals surface area contributed by atoms with Crippen LogP contribution in [0, 0.1) is 39.0 Å². The summed E-state index contributed by atoms with van der Waals surface area (Å²) in [7, 11) is 0. The monoisotopic (exact) mass is 286 g/mol. The minimum atomic E-state index is 0.605. The predicted molar refractivity (Wildman–Crippen MR) is 82.4 cm³/mol.